The molecule has 0 amide bonds. The molecule has 0 atom stereocenters. The first-order chi connectivity index (χ1) is 5.92. The molecule has 0 saturated heterocycles. The number of nitriles is 1. The number of hydrogen-bond acceptors (Lipinski definition) is 3. The van der Waals surface area contributed by atoms with E-state index in [1.807, 2.05) is 17.5 Å². The molecule has 0 radical (unpaired) electrons. The first-order valence-corrected chi connectivity index (χ1v) is 4.48. The number of fused-ring (bicyclic) bond motifs is 1. The molecule has 0 bridgehead atoms. The van der Waals surface area contributed by atoms with Crippen molar-refractivity contribution in [2.75, 3.05) is 0 Å². The second kappa shape index (κ2) is 2.92. The van der Waals surface area contributed by atoms with E-state index in [0.29, 0.717) is 6.42 Å². The van der Waals surface area contributed by atoms with Gasteiger partial charge in [-0.1, -0.05) is 0 Å². The van der Waals surface area contributed by atoms with Crippen LogP contribution in [0.2, 0.25) is 0 Å². The van der Waals surface area contributed by atoms with Gasteiger partial charge >= 0.3 is 0 Å². The van der Waals surface area contributed by atoms with Crippen molar-refractivity contribution in [2.24, 2.45) is 0 Å². The van der Waals surface area contributed by atoms with Crippen LogP contribution < -0.4 is 0 Å². The fourth-order valence-corrected chi connectivity index (χ4v) is 1.97. The number of thiophene rings is 1. The van der Waals surface area contributed by atoms with Crippen molar-refractivity contribution in [2.45, 2.75) is 6.42 Å². The number of rotatable bonds is 1. The highest BCUT2D eigenvalue weighted by Gasteiger charge is 2.01. The Bertz CT molecular complexity index is 439. The lowest BCUT2D eigenvalue weighted by Crippen LogP contribution is -1.86. The van der Waals surface area contributed by atoms with Crippen LogP contribution >= 0.6 is 11.3 Å². The van der Waals surface area contributed by atoms with Gasteiger partial charge in [0.2, 0.25) is 0 Å². The number of nitrogens with zero attached hydrogens (tertiary/aromatic N) is 2. The standard InChI is InChI=1S/C9H6N2S/c10-4-1-8-7-3-6-12-9(7)2-5-11-8/h2-3,5-6H,1H2. The van der Waals surface area contributed by atoms with Gasteiger partial charge in [0.05, 0.1) is 18.2 Å². The molecule has 0 N–H and O–H groups in total. The lowest BCUT2D eigenvalue weighted by molar-refractivity contribution is 1.14. The highest BCUT2D eigenvalue weighted by Crippen LogP contribution is 2.22. The minimum absolute atomic E-state index is 0.397. The smallest absolute Gasteiger partial charge is 0.0781 e. The summed E-state index contributed by atoms with van der Waals surface area (Å²) >= 11 is 1.68. The zero-order valence-corrected chi connectivity index (χ0v) is 7.14. The summed E-state index contributed by atoms with van der Waals surface area (Å²) in [6, 6.07) is 6.09. The van der Waals surface area contributed by atoms with Gasteiger partial charge < -0.3 is 0 Å². The van der Waals surface area contributed by atoms with Crippen LogP contribution in [0.5, 0.6) is 0 Å². The summed E-state index contributed by atoms with van der Waals surface area (Å²) in [5.74, 6) is 0. The SMILES string of the molecule is N#CCc1nccc2sccc12. The maximum atomic E-state index is 8.53. The van der Waals surface area contributed by atoms with Crippen LogP contribution in [0.3, 0.4) is 0 Å². The van der Waals surface area contributed by atoms with Gasteiger partial charge in [0, 0.05) is 16.3 Å². The van der Waals surface area contributed by atoms with E-state index in [-0.39, 0.29) is 0 Å². The average molecular weight is 174 g/mol. The van der Waals surface area contributed by atoms with E-state index < -0.39 is 0 Å². The normalized spacial score (nSPS) is 9.92. The zero-order chi connectivity index (χ0) is 8.39. The van der Waals surface area contributed by atoms with Gasteiger partial charge in [-0.05, 0) is 17.5 Å². The van der Waals surface area contributed by atoms with Crippen molar-refractivity contribution in [3.05, 3.63) is 29.4 Å². The Morgan fingerprint density at radius 2 is 2.42 bits per heavy atom. The van der Waals surface area contributed by atoms with Crippen molar-refractivity contribution in [3.8, 4) is 6.07 Å². The van der Waals surface area contributed by atoms with Crippen molar-refractivity contribution in [1.29, 1.82) is 5.26 Å². The van der Waals surface area contributed by atoms with E-state index in [4.69, 9.17) is 5.26 Å². The summed E-state index contributed by atoms with van der Waals surface area (Å²) < 4.78 is 1.20. The molecular weight excluding hydrogens is 168 g/mol. The van der Waals surface area contributed by atoms with Crippen molar-refractivity contribution < 1.29 is 0 Å². The first-order valence-electron chi connectivity index (χ1n) is 3.60. The summed E-state index contributed by atoms with van der Waals surface area (Å²) in [5, 5.41) is 11.7. The maximum Gasteiger partial charge on any atom is 0.0781 e. The monoisotopic (exact) mass is 174 g/mol. The van der Waals surface area contributed by atoms with Crippen LogP contribution in [0.15, 0.2) is 23.7 Å². The Kier molecular flexibility index (Phi) is 1.77. The highest BCUT2D eigenvalue weighted by atomic mass is 32.1. The molecule has 0 spiro atoms. The van der Waals surface area contributed by atoms with Crippen molar-refractivity contribution >= 4 is 21.4 Å². The molecular formula is C9H6N2S. The van der Waals surface area contributed by atoms with Crippen LogP contribution in [0.1, 0.15) is 5.69 Å². The third kappa shape index (κ3) is 1.06. The van der Waals surface area contributed by atoms with Crippen molar-refractivity contribution in [1.82, 2.24) is 4.98 Å². The fraction of sp³-hybridized carbons (Fsp3) is 0.111. The Morgan fingerprint density at radius 1 is 1.50 bits per heavy atom. The van der Waals surface area contributed by atoms with Crippen LogP contribution in [0.4, 0.5) is 0 Å². The van der Waals surface area contributed by atoms with Crippen LogP contribution in [-0.4, -0.2) is 4.98 Å². The molecule has 0 unspecified atom stereocenters. The van der Waals surface area contributed by atoms with E-state index in [9.17, 15) is 0 Å². The molecule has 0 aromatic carbocycles. The minimum Gasteiger partial charge on any atom is -0.259 e. The van der Waals surface area contributed by atoms with Crippen molar-refractivity contribution in [3.63, 3.8) is 0 Å². The molecule has 2 aromatic heterocycles. The van der Waals surface area contributed by atoms with Gasteiger partial charge in [0.25, 0.3) is 0 Å². The molecule has 0 aliphatic rings. The molecule has 2 rings (SSSR count). The predicted octanol–water partition coefficient (Wildman–Crippen LogP) is 2.36. The topological polar surface area (TPSA) is 36.7 Å². The maximum absolute atomic E-state index is 8.53. The molecule has 2 aromatic rings. The largest absolute Gasteiger partial charge is 0.259 e. The summed E-state index contributed by atoms with van der Waals surface area (Å²) in [6.45, 7) is 0. The number of hydrogen-bond donors (Lipinski definition) is 0. The van der Waals surface area contributed by atoms with E-state index in [1.165, 1.54) is 4.70 Å². The zero-order valence-electron chi connectivity index (χ0n) is 6.32. The lowest BCUT2D eigenvalue weighted by atomic mass is 10.2. The summed E-state index contributed by atoms with van der Waals surface area (Å²) in [4.78, 5) is 4.15. The van der Waals surface area contributed by atoms with Crippen LogP contribution in [0.25, 0.3) is 10.1 Å². The molecule has 2 nitrogen and oxygen atoms in total. The van der Waals surface area contributed by atoms with Gasteiger partial charge in [0.1, 0.15) is 0 Å². The summed E-state index contributed by atoms with van der Waals surface area (Å²) in [7, 11) is 0. The quantitative estimate of drug-likeness (QED) is 0.665. The summed E-state index contributed by atoms with van der Waals surface area (Å²) in [6.07, 6.45) is 2.15. The minimum atomic E-state index is 0.397. The van der Waals surface area contributed by atoms with Crippen LogP contribution in [-0.2, 0) is 6.42 Å². The second-order valence-electron chi connectivity index (χ2n) is 2.42. The van der Waals surface area contributed by atoms with Gasteiger partial charge in [-0.25, -0.2) is 0 Å². The first kappa shape index (κ1) is 7.26. The van der Waals surface area contributed by atoms with Gasteiger partial charge in [-0.2, -0.15) is 5.26 Å². The third-order valence-electron chi connectivity index (χ3n) is 1.71. The molecule has 3 heteroatoms. The highest BCUT2D eigenvalue weighted by molar-refractivity contribution is 7.17. The molecule has 0 aliphatic heterocycles. The van der Waals surface area contributed by atoms with Gasteiger partial charge in [-0.15, -0.1) is 11.3 Å². The number of aromatic nitrogens is 1. The molecule has 12 heavy (non-hydrogen) atoms. The molecule has 0 saturated carbocycles. The summed E-state index contributed by atoms with van der Waals surface area (Å²) in [5.41, 5.74) is 0.885. The Balaban J connectivity index is 2.67. The van der Waals surface area contributed by atoms with E-state index in [1.54, 1.807) is 17.5 Å². The van der Waals surface area contributed by atoms with Gasteiger partial charge in [-0.3, -0.25) is 4.98 Å². The average Bonchev–Trinajstić information content (AvgIpc) is 2.53. The van der Waals surface area contributed by atoms with E-state index in [2.05, 4.69) is 11.1 Å². The Labute approximate surface area is 74.1 Å². The predicted molar refractivity (Wildman–Crippen MR) is 48.9 cm³/mol. The van der Waals surface area contributed by atoms with E-state index >= 15 is 0 Å². The van der Waals surface area contributed by atoms with E-state index in [0.717, 1.165) is 11.1 Å². The molecule has 0 fully saturated rings. The second-order valence-corrected chi connectivity index (χ2v) is 3.37. The molecule has 58 valence electrons. The third-order valence-corrected chi connectivity index (χ3v) is 2.59. The lowest BCUT2D eigenvalue weighted by Gasteiger charge is -1.94. The molecule has 2 heterocycles. The Morgan fingerprint density at radius 3 is 3.25 bits per heavy atom. The molecule has 0 aliphatic carbocycles. The van der Waals surface area contributed by atoms with Gasteiger partial charge in [0.15, 0.2) is 0 Å². The number of pyridine rings is 1. The Hall–Kier alpha value is -1.40. The van der Waals surface area contributed by atoms with Crippen LogP contribution in [0, 0.1) is 11.3 Å². The fourth-order valence-electron chi connectivity index (χ4n) is 1.17.